The number of likely N-dealkylation sites (tertiary alicyclic amines) is 1. The molecule has 4 nitrogen and oxygen atoms in total. The van der Waals surface area contributed by atoms with Crippen molar-refractivity contribution >= 4 is 6.03 Å². The molecule has 2 rings (SSSR count). The lowest BCUT2D eigenvalue weighted by Crippen LogP contribution is -2.48. The molecule has 26 heavy (non-hydrogen) atoms. The summed E-state index contributed by atoms with van der Waals surface area (Å²) in [4.78, 5) is 14.6. The topological polar surface area (TPSA) is 44.4 Å². The van der Waals surface area contributed by atoms with Crippen LogP contribution in [0.5, 0.6) is 0 Å². The van der Waals surface area contributed by atoms with E-state index in [0.29, 0.717) is 11.5 Å². The van der Waals surface area contributed by atoms with Crippen molar-refractivity contribution in [2.45, 2.75) is 51.9 Å². The average molecular weight is 371 g/mol. The number of urea groups is 1. The van der Waals surface area contributed by atoms with Crippen molar-refractivity contribution in [3.05, 3.63) is 35.4 Å². The lowest BCUT2D eigenvalue weighted by Gasteiger charge is -2.33. The molecule has 1 heterocycles. The fourth-order valence-electron chi connectivity index (χ4n) is 3.24. The third-order valence-corrected chi connectivity index (χ3v) is 4.63. The maximum atomic E-state index is 12.6. The Hall–Kier alpha value is -1.76. The van der Waals surface area contributed by atoms with Gasteiger partial charge >= 0.3 is 12.2 Å². The Balaban J connectivity index is 1.79. The number of benzene rings is 1. The molecule has 1 aliphatic rings. The summed E-state index contributed by atoms with van der Waals surface area (Å²) in [7, 11) is 0. The van der Waals surface area contributed by atoms with Crippen molar-refractivity contribution < 1.29 is 18.0 Å². The van der Waals surface area contributed by atoms with E-state index in [4.69, 9.17) is 0 Å². The fraction of sp³-hybridized carbons (Fsp3) is 0.632. The predicted octanol–water partition coefficient (Wildman–Crippen LogP) is 4.19. The normalized spacial score (nSPS) is 18.0. The van der Waals surface area contributed by atoms with Gasteiger partial charge in [-0.3, -0.25) is 0 Å². The third kappa shape index (κ3) is 6.20. The van der Waals surface area contributed by atoms with Gasteiger partial charge < -0.3 is 15.5 Å². The molecule has 0 radical (unpaired) electrons. The zero-order valence-corrected chi connectivity index (χ0v) is 15.6. The first-order valence-electron chi connectivity index (χ1n) is 9.11. The SMILES string of the molecule is CC(C)CN1CCC(NC(=O)N[C@H](C)c2ccc(C(F)(F)F)cc2)CC1. The Morgan fingerprint density at radius 3 is 2.23 bits per heavy atom. The summed E-state index contributed by atoms with van der Waals surface area (Å²) in [5, 5.41) is 5.77. The molecule has 2 N–H and O–H groups in total. The minimum Gasteiger partial charge on any atom is -0.335 e. The van der Waals surface area contributed by atoms with Crippen molar-refractivity contribution in [2.75, 3.05) is 19.6 Å². The number of hydrogen-bond acceptors (Lipinski definition) is 2. The van der Waals surface area contributed by atoms with Crippen LogP contribution in [0.1, 0.15) is 50.8 Å². The zero-order chi connectivity index (χ0) is 19.3. The number of alkyl halides is 3. The molecule has 0 unspecified atom stereocenters. The van der Waals surface area contributed by atoms with E-state index in [1.54, 1.807) is 6.92 Å². The number of carbonyl (C=O) groups is 1. The summed E-state index contributed by atoms with van der Waals surface area (Å²) >= 11 is 0. The van der Waals surface area contributed by atoms with E-state index in [9.17, 15) is 18.0 Å². The van der Waals surface area contributed by atoms with E-state index in [2.05, 4.69) is 29.4 Å². The molecule has 7 heteroatoms. The van der Waals surface area contributed by atoms with E-state index >= 15 is 0 Å². The average Bonchev–Trinajstić information content (AvgIpc) is 2.55. The van der Waals surface area contributed by atoms with Crippen molar-refractivity contribution in [3.8, 4) is 0 Å². The van der Waals surface area contributed by atoms with Crippen LogP contribution in [-0.4, -0.2) is 36.6 Å². The predicted molar refractivity (Wildman–Crippen MR) is 95.8 cm³/mol. The number of nitrogens with one attached hydrogen (secondary N) is 2. The molecule has 1 fully saturated rings. The smallest absolute Gasteiger partial charge is 0.335 e. The quantitative estimate of drug-likeness (QED) is 0.815. The molecule has 1 aromatic carbocycles. The number of nitrogens with zero attached hydrogens (tertiary/aromatic N) is 1. The lowest BCUT2D eigenvalue weighted by atomic mass is 10.0. The molecule has 0 aromatic heterocycles. The highest BCUT2D eigenvalue weighted by atomic mass is 19.4. The van der Waals surface area contributed by atoms with E-state index in [1.807, 2.05) is 0 Å². The van der Waals surface area contributed by atoms with Gasteiger partial charge in [-0.1, -0.05) is 26.0 Å². The van der Waals surface area contributed by atoms with Gasteiger partial charge in [-0.25, -0.2) is 4.79 Å². The molecule has 2 amide bonds. The Kier molecular flexibility index (Phi) is 6.92. The summed E-state index contributed by atoms with van der Waals surface area (Å²) in [5.41, 5.74) is -0.0500. The number of carbonyl (C=O) groups excluding carboxylic acids is 1. The van der Waals surface area contributed by atoms with Gasteiger partial charge in [0.2, 0.25) is 0 Å². The van der Waals surface area contributed by atoms with Gasteiger partial charge in [-0.15, -0.1) is 0 Å². The lowest BCUT2D eigenvalue weighted by molar-refractivity contribution is -0.137. The Labute approximate surface area is 153 Å². The van der Waals surface area contributed by atoms with Crippen LogP contribution in [0.2, 0.25) is 0 Å². The summed E-state index contributed by atoms with van der Waals surface area (Å²) in [6, 6.07) is 4.37. The van der Waals surface area contributed by atoms with Gasteiger partial charge in [0.1, 0.15) is 0 Å². The highest BCUT2D eigenvalue weighted by Gasteiger charge is 2.30. The van der Waals surface area contributed by atoms with Crippen molar-refractivity contribution in [3.63, 3.8) is 0 Å². The Morgan fingerprint density at radius 2 is 1.73 bits per heavy atom. The second kappa shape index (κ2) is 8.75. The monoisotopic (exact) mass is 371 g/mol. The standard InChI is InChI=1S/C19H28F3N3O/c1-13(2)12-25-10-8-17(9-11-25)24-18(26)23-14(3)15-4-6-16(7-5-15)19(20,21)22/h4-7,13-14,17H,8-12H2,1-3H3,(H2,23,24,26)/t14-/m1/s1. The number of rotatable bonds is 5. The minimum atomic E-state index is -4.35. The van der Waals surface area contributed by atoms with Gasteiger partial charge in [0.25, 0.3) is 0 Å². The fourth-order valence-corrected chi connectivity index (χ4v) is 3.24. The van der Waals surface area contributed by atoms with E-state index in [1.165, 1.54) is 12.1 Å². The van der Waals surface area contributed by atoms with Gasteiger partial charge in [-0.05, 0) is 43.4 Å². The second-order valence-corrected chi connectivity index (χ2v) is 7.43. The van der Waals surface area contributed by atoms with Crippen LogP contribution in [0.25, 0.3) is 0 Å². The molecular formula is C19H28F3N3O. The van der Waals surface area contributed by atoms with Crippen molar-refractivity contribution in [2.24, 2.45) is 5.92 Å². The number of piperidine rings is 1. The molecule has 0 spiro atoms. The Morgan fingerprint density at radius 1 is 1.15 bits per heavy atom. The van der Waals surface area contributed by atoms with Crippen LogP contribution in [0.4, 0.5) is 18.0 Å². The molecule has 1 saturated heterocycles. The van der Waals surface area contributed by atoms with E-state index in [0.717, 1.165) is 44.6 Å². The third-order valence-electron chi connectivity index (χ3n) is 4.63. The molecular weight excluding hydrogens is 343 g/mol. The van der Waals surface area contributed by atoms with Gasteiger partial charge in [0.05, 0.1) is 11.6 Å². The molecule has 1 aliphatic heterocycles. The largest absolute Gasteiger partial charge is 0.416 e. The highest BCUT2D eigenvalue weighted by Crippen LogP contribution is 2.29. The molecule has 0 bridgehead atoms. The first-order valence-corrected chi connectivity index (χ1v) is 9.11. The van der Waals surface area contributed by atoms with Gasteiger partial charge in [0, 0.05) is 25.7 Å². The first kappa shape index (κ1) is 20.6. The van der Waals surface area contributed by atoms with E-state index < -0.39 is 11.7 Å². The van der Waals surface area contributed by atoms with Crippen LogP contribution in [0.3, 0.4) is 0 Å². The van der Waals surface area contributed by atoms with Crippen molar-refractivity contribution in [1.29, 1.82) is 0 Å². The van der Waals surface area contributed by atoms with Crippen LogP contribution < -0.4 is 10.6 Å². The summed E-state index contributed by atoms with van der Waals surface area (Å²) in [6.45, 7) is 9.16. The summed E-state index contributed by atoms with van der Waals surface area (Å²) in [6.07, 6.45) is -2.53. The number of hydrogen-bond donors (Lipinski definition) is 2. The number of halogens is 3. The van der Waals surface area contributed by atoms with Crippen LogP contribution >= 0.6 is 0 Å². The molecule has 0 saturated carbocycles. The maximum Gasteiger partial charge on any atom is 0.416 e. The van der Waals surface area contributed by atoms with Crippen molar-refractivity contribution in [1.82, 2.24) is 15.5 Å². The summed E-state index contributed by atoms with van der Waals surface area (Å²) in [5.74, 6) is 0.632. The van der Waals surface area contributed by atoms with E-state index in [-0.39, 0.29) is 18.1 Å². The molecule has 146 valence electrons. The highest BCUT2D eigenvalue weighted by molar-refractivity contribution is 5.74. The van der Waals surface area contributed by atoms with Gasteiger partial charge in [-0.2, -0.15) is 13.2 Å². The summed E-state index contributed by atoms with van der Waals surface area (Å²) < 4.78 is 37.8. The van der Waals surface area contributed by atoms with Crippen LogP contribution in [0, 0.1) is 5.92 Å². The molecule has 0 aliphatic carbocycles. The molecule has 1 aromatic rings. The van der Waals surface area contributed by atoms with Crippen LogP contribution in [0.15, 0.2) is 24.3 Å². The number of amides is 2. The first-order chi connectivity index (χ1) is 12.1. The maximum absolute atomic E-state index is 12.6. The van der Waals surface area contributed by atoms with Crippen LogP contribution in [-0.2, 0) is 6.18 Å². The Bertz CT molecular complexity index is 579. The zero-order valence-electron chi connectivity index (χ0n) is 15.6. The minimum absolute atomic E-state index is 0.137. The second-order valence-electron chi connectivity index (χ2n) is 7.43. The van der Waals surface area contributed by atoms with Gasteiger partial charge in [0.15, 0.2) is 0 Å². The molecule has 1 atom stereocenters.